The van der Waals surface area contributed by atoms with E-state index >= 15 is 0 Å². The largest absolute Gasteiger partial charge is 0.451 e. The number of amides is 1. The summed E-state index contributed by atoms with van der Waals surface area (Å²) in [6.07, 6.45) is 0.858. The van der Waals surface area contributed by atoms with Crippen LogP contribution in [0, 0.1) is 0 Å². The van der Waals surface area contributed by atoms with E-state index in [1.807, 2.05) is 24.3 Å². The van der Waals surface area contributed by atoms with Crippen LogP contribution in [0.4, 0.5) is 11.4 Å². The third kappa shape index (κ3) is 2.45. The summed E-state index contributed by atoms with van der Waals surface area (Å²) in [4.78, 5) is 14.5. The Morgan fingerprint density at radius 3 is 2.83 bits per heavy atom. The Kier molecular flexibility index (Phi) is 3.54. The number of nitrogens with two attached hydrogens (primary N) is 1. The van der Waals surface area contributed by atoms with Gasteiger partial charge in [0.1, 0.15) is 5.76 Å². The number of para-hydroxylation sites is 1. The third-order valence-electron chi connectivity index (χ3n) is 4.20. The molecular formula is C19H15ClN2O2. The quantitative estimate of drug-likeness (QED) is 0.705. The SMILES string of the molecule is Nc1ccc(Cl)c(-c2ccc(C(=O)N3CCc4ccccc43)o2)c1. The number of hydrogen-bond acceptors (Lipinski definition) is 3. The van der Waals surface area contributed by atoms with Crippen LogP contribution in [0.5, 0.6) is 0 Å². The molecule has 5 heteroatoms. The summed E-state index contributed by atoms with van der Waals surface area (Å²) >= 11 is 6.20. The maximum atomic E-state index is 12.8. The molecule has 0 saturated carbocycles. The monoisotopic (exact) mass is 338 g/mol. The van der Waals surface area contributed by atoms with E-state index in [2.05, 4.69) is 0 Å². The number of halogens is 1. The number of hydrogen-bond donors (Lipinski definition) is 1. The molecule has 2 heterocycles. The summed E-state index contributed by atoms with van der Waals surface area (Å²) in [6, 6.07) is 16.5. The molecule has 3 aromatic rings. The van der Waals surface area contributed by atoms with Crippen LogP contribution in [0.25, 0.3) is 11.3 Å². The fourth-order valence-corrected chi connectivity index (χ4v) is 3.22. The van der Waals surface area contributed by atoms with Gasteiger partial charge in [0.25, 0.3) is 5.91 Å². The van der Waals surface area contributed by atoms with Crippen LogP contribution in [0.15, 0.2) is 59.0 Å². The lowest BCUT2D eigenvalue weighted by Gasteiger charge is -2.15. The van der Waals surface area contributed by atoms with Gasteiger partial charge in [-0.3, -0.25) is 4.79 Å². The smallest absolute Gasteiger partial charge is 0.294 e. The van der Waals surface area contributed by atoms with Crippen LogP contribution in [-0.2, 0) is 6.42 Å². The number of nitrogen functional groups attached to an aromatic ring is 1. The normalized spacial score (nSPS) is 13.1. The van der Waals surface area contributed by atoms with Crippen LogP contribution in [0.3, 0.4) is 0 Å². The molecule has 1 aliphatic rings. The molecule has 0 aliphatic carbocycles. The number of rotatable bonds is 2. The van der Waals surface area contributed by atoms with Gasteiger partial charge in [-0.05, 0) is 48.4 Å². The predicted octanol–water partition coefficient (Wildman–Crippen LogP) is 4.39. The van der Waals surface area contributed by atoms with Crippen LogP contribution in [0.1, 0.15) is 16.1 Å². The van der Waals surface area contributed by atoms with Crippen molar-refractivity contribution in [1.82, 2.24) is 0 Å². The molecule has 0 fully saturated rings. The summed E-state index contributed by atoms with van der Waals surface area (Å²) in [6.45, 7) is 0.660. The second-order valence-corrected chi connectivity index (χ2v) is 6.15. The molecule has 0 spiro atoms. The van der Waals surface area contributed by atoms with Crippen LogP contribution in [-0.4, -0.2) is 12.5 Å². The van der Waals surface area contributed by atoms with Gasteiger partial charge < -0.3 is 15.1 Å². The Bertz CT molecular complexity index is 933. The lowest BCUT2D eigenvalue weighted by molar-refractivity contribution is 0.0963. The fraction of sp³-hybridized carbons (Fsp3) is 0.105. The van der Waals surface area contributed by atoms with E-state index in [0.717, 1.165) is 12.1 Å². The van der Waals surface area contributed by atoms with Gasteiger partial charge in [0.2, 0.25) is 0 Å². The van der Waals surface area contributed by atoms with E-state index in [1.165, 1.54) is 5.56 Å². The number of carbonyl (C=O) groups excluding carboxylic acids is 1. The highest BCUT2D eigenvalue weighted by Crippen LogP contribution is 2.33. The van der Waals surface area contributed by atoms with Gasteiger partial charge in [0.05, 0.1) is 5.02 Å². The van der Waals surface area contributed by atoms with Crippen molar-refractivity contribution >= 4 is 28.9 Å². The predicted molar refractivity (Wildman–Crippen MR) is 95.4 cm³/mol. The minimum absolute atomic E-state index is 0.147. The lowest BCUT2D eigenvalue weighted by atomic mass is 10.1. The number of anilines is 2. The molecule has 0 saturated heterocycles. The van der Waals surface area contributed by atoms with Crippen LogP contribution >= 0.6 is 11.6 Å². The molecule has 0 radical (unpaired) electrons. The first kappa shape index (κ1) is 14.8. The standard InChI is InChI=1S/C19H15ClN2O2/c20-15-6-5-13(21)11-14(15)17-7-8-18(24-17)19(23)22-10-9-12-3-1-2-4-16(12)22/h1-8,11H,9-10,21H2. The zero-order chi connectivity index (χ0) is 16.7. The first-order valence-corrected chi connectivity index (χ1v) is 8.06. The van der Waals surface area contributed by atoms with E-state index in [1.54, 1.807) is 35.2 Å². The highest BCUT2D eigenvalue weighted by molar-refractivity contribution is 6.33. The molecule has 2 N–H and O–H groups in total. The second-order valence-electron chi connectivity index (χ2n) is 5.74. The summed E-state index contributed by atoms with van der Waals surface area (Å²) < 4.78 is 5.76. The van der Waals surface area contributed by atoms with Crippen molar-refractivity contribution in [3.63, 3.8) is 0 Å². The number of nitrogens with zero attached hydrogens (tertiary/aromatic N) is 1. The van der Waals surface area contributed by atoms with E-state index in [0.29, 0.717) is 34.3 Å². The Balaban J connectivity index is 1.66. The topological polar surface area (TPSA) is 59.5 Å². The molecule has 1 aliphatic heterocycles. The first-order valence-electron chi connectivity index (χ1n) is 7.68. The average Bonchev–Trinajstić information content (AvgIpc) is 3.23. The minimum Gasteiger partial charge on any atom is -0.451 e. The van der Waals surface area contributed by atoms with Crippen molar-refractivity contribution in [1.29, 1.82) is 0 Å². The lowest BCUT2D eigenvalue weighted by Crippen LogP contribution is -2.28. The molecule has 0 bridgehead atoms. The third-order valence-corrected chi connectivity index (χ3v) is 4.53. The van der Waals surface area contributed by atoms with E-state index < -0.39 is 0 Å². The second kappa shape index (κ2) is 5.73. The number of furan rings is 1. The van der Waals surface area contributed by atoms with Crippen molar-refractivity contribution in [2.75, 3.05) is 17.2 Å². The molecule has 1 aromatic heterocycles. The highest BCUT2D eigenvalue weighted by Gasteiger charge is 2.27. The molecular weight excluding hydrogens is 324 g/mol. The maximum absolute atomic E-state index is 12.8. The van der Waals surface area contributed by atoms with Gasteiger partial charge in [0, 0.05) is 23.5 Å². The number of benzene rings is 2. The minimum atomic E-state index is -0.147. The first-order chi connectivity index (χ1) is 11.6. The van der Waals surface area contributed by atoms with Gasteiger partial charge in [0.15, 0.2) is 5.76 Å². The Morgan fingerprint density at radius 1 is 1.12 bits per heavy atom. The van der Waals surface area contributed by atoms with E-state index in [4.69, 9.17) is 21.8 Å². The summed E-state index contributed by atoms with van der Waals surface area (Å²) in [5.74, 6) is 0.676. The molecule has 4 nitrogen and oxygen atoms in total. The molecule has 0 atom stereocenters. The number of fused-ring (bicyclic) bond motifs is 1. The highest BCUT2D eigenvalue weighted by atomic mass is 35.5. The van der Waals surface area contributed by atoms with Gasteiger partial charge in [-0.25, -0.2) is 0 Å². The summed E-state index contributed by atoms with van der Waals surface area (Å²) in [5.41, 5.74) is 9.20. The zero-order valence-corrected chi connectivity index (χ0v) is 13.6. The number of carbonyl (C=O) groups is 1. The van der Waals surface area contributed by atoms with Crippen LogP contribution < -0.4 is 10.6 Å². The maximum Gasteiger partial charge on any atom is 0.294 e. The summed E-state index contributed by atoms with van der Waals surface area (Å²) in [5, 5.41) is 0.532. The van der Waals surface area contributed by atoms with Crippen molar-refractivity contribution in [2.45, 2.75) is 6.42 Å². The average molecular weight is 339 g/mol. The molecule has 24 heavy (non-hydrogen) atoms. The van der Waals surface area contributed by atoms with E-state index in [-0.39, 0.29) is 5.91 Å². The zero-order valence-electron chi connectivity index (χ0n) is 12.8. The Labute approximate surface area is 144 Å². The van der Waals surface area contributed by atoms with Gasteiger partial charge in [-0.15, -0.1) is 0 Å². The van der Waals surface area contributed by atoms with Crippen molar-refractivity contribution in [3.05, 3.63) is 70.9 Å². The Hall–Kier alpha value is -2.72. The molecule has 4 rings (SSSR count). The van der Waals surface area contributed by atoms with Crippen molar-refractivity contribution in [3.8, 4) is 11.3 Å². The van der Waals surface area contributed by atoms with Gasteiger partial charge >= 0.3 is 0 Å². The molecule has 2 aromatic carbocycles. The fourth-order valence-electron chi connectivity index (χ4n) is 3.01. The van der Waals surface area contributed by atoms with Gasteiger partial charge in [-0.2, -0.15) is 0 Å². The molecule has 0 unspecified atom stereocenters. The van der Waals surface area contributed by atoms with Gasteiger partial charge in [-0.1, -0.05) is 29.8 Å². The molecule has 1 amide bonds. The van der Waals surface area contributed by atoms with Crippen LogP contribution in [0.2, 0.25) is 5.02 Å². The molecule has 120 valence electrons. The summed E-state index contributed by atoms with van der Waals surface area (Å²) in [7, 11) is 0. The Morgan fingerprint density at radius 2 is 1.96 bits per heavy atom. The van der Waals surface area contributed by atoms with Crippen molar-refractivity contribution in [2.24, 2.45) is 0 Å². The van der Waals surface area contributed by atoms with E-state index in [9.17, 15) is 4.79 Å². The van der Waals surface area contributed by atoms with Crippen molar-refractivity contribution < 1.29 is 9.21 Å².